The summed E-state index contributed by atoms with van der Waals surface area (Å²) in [6, 6.07) is 0. The second kappa shape index (κ2) is 16.1. The van der Waals surface area contributed by atoms with E-state index in [1.54, 1.807) is 0 Å². The number of carbonyl (C=O) groups is 2. The van der Waals surface area contributed by atoms with Gasteiger partial charge in [0.05, 0.1) is 0 Å². The van der Waals surface area contributed by atoms with Gasteiger partial charge in [-0.1, -0.05) is 62.3 Å². The predicted octanol–water partition coefficient (Wildman–Crippen LogP) is 4.84. The monoisotopic (exact) mass is 514 g/mol. The van der Waals surface area contributed by atoms with E-state index in [-0.39, 0.29) is 27.4 Å². The summed E-state index contributed by atoms with van der Waals surface area (Å²) >= 11 is 4.76. The average molecular weight is 515 g/mol. The van der Waals surface area contributed by atoms with Gasteiger partial charge in [-0.15, -0.1) is 0 Å². The van der Waals surface area contributed by atoms with Crippen molar-refractivity contribution < 1.29 is 9.59 Å². The SMILES string of the molecule is CCN(CCC(=O)NCC(C)(C)CC(C)C)CCN(CC)CCC(=O)NCC(C)(S)CC(C)(C)C. The first kappa shape index (κ1) is 34.2. The van der Waals surface area contributed by atoms with Crippen LogP contribution in [0, 0.1) is 16.7 Å². The van der Waals surface area contributed by atoms with E-state index in [4.69, 9.17) is 12.6 Å². The maximum absolute atomic E-state index is 12.4. The van der Waals surface area contributed by atoms with Gasteiger partial charge in [0, 0.05) is 56.9 Å². The second-order valence-electron chi connectivity index (χ2n) is 12.9. The van der Waals surface area contributed by atoms with E-state index in [1.165, 1.54) is 0 Å². The lowest BCUT2D eigenvalue weighted by Gasteiger charge is -2.31. The number of hydrogen-bond acceptors (Lipinski definition) is 5. The number of likely N-dealkylation sites (N-methyl/N-ethyl adjacent to an activating group) is 2. The van der Waals surface area contributed by atoms with Gasteiger partial charge in [0.1, 0.15) is 0 Å². The molecule has 7 heteroatoms. The first-order chi connectivity index (χ1) is 16.0. The number of nitrogens with one attached hydrogen (secondary N) is 2. The Balaban J connectivity index is 4.34. The molecule has 2 amide bonds. The van der Waals surface area contributed by atoms with Crippen LogP contribution in [0.25, 0.3) is 0 Å². The second-order valence-corrected chi connectivity index (χ2v) is 14.0. The maximum atomic E-state index is 12.4. The summed E-state index contributed by atoms with van der Waals surface area (Å²) in [6.07, 6.45) is 3.06. The van der Waals surface area contributed by atoms with Crippen molar-refractivity contribution in [3.05, 3.63) is 0 Å². The van der Waals surface area contributed by atoms with Crippen molar-refractivity contribution in [3.8, 4) is 0 Å². The summed E-state index contributed by atoms with van der Waals surface area (Å²) in [6.45, 7) is 28.3. The molecule has 0 radical (unpaired) electrons. The zero-order valence-corrected chi connectivity index (χ0v) is 25.6. The Bertz CT molecular complexity index is 615. The number of nitrogens with zero attached hydrogens (tertiary/aromatic N) is 2. The molecule has 0 aliphatic rings. The van der Waals surface area contributed by atoms with Crippen molar-refractivity contribution in [2.24, 2.45) is 16.7 Å². The van der Waals surface area contributed by atoms with Gasteiger partial charge in [0.2, 0.25) is 11.8 Å². The Morgan fingerprint density at radius 3 is 1.57 bits per heavy atom. The smallest absolute Gasteiger partial charge is 0.221 e. The molecule has 0 saturated carbocycles. The summed E-state index contributed by atoms with van der Waals surface area (Å²) in [5, 5.41) is 6.20. The molecule has 6 nitrogen and oxygen atoms in total. The van der Waals surface area contributed by atoms with Crippen LogP contribution in [-0.2, 0) is 9.59 Å². The highest BCUT2D eigenvalue weighted by Crippen LogP contribution is 2.31. The highest BCUT2D eigenvalue weighted by molar-refractivity contribution is 7.81. The largest absolute Gasteiger partial charge is 0.356 e. The van der Waals surface area contributed by atoms with Crippen molar-refractivity contribution in [2.75, 3.05) is 52.4 Å². The van der Waals surface area contributed by atoms with Gasteiger partial charge in [-0.05, 0) is 49.6 Å². The molecule has 1 atom stereocenters. The van der Waals surface area contributed by atoms with Gasteiger partial charge < -0.3 is 20.4 Å². The Morgan fingerprint density at radius 1 is 0.771 bits per heavy atom. The minimum Gasteiger partial charge on any atom is -0.356 e. The topological polar surface area (TPSA) is 64.7 Å². The zero-order valence-electron chi connectivity index (χ0n) is 24.7. The van der Waals surface area contributed by atoms with Gasteiger partial charge >= 0.3 is 0 Å². The molecule has 35 heavy (non-hydrogen) atoms. The van der Waals surface area contributed by atoms with Crippen LogP contribution in [0.1, 0.15) is 94.9 Å². The lowest BCUT2D eigenvalue weighted by Crippen LogP contribution is -2.41. The highest BCUT2D eigenvalue weighted by atomic mass is 32.1. The molecule has 0 aromatic rings. The lowest BCUT2D eigenvalue weighted by atomic mass is 9.84. The predicted molar refractivity (Wildman–Crippen MR) is 154 cm³/mol. The Hall–Kier alpha value is -0.790. The quantitative estimate of drug-likeness (QED) is 0.229. The molecule has 0 bridgehead atoms. The van der Waals surface area contributed by atoms with Crippen LogP contribution in [0.3, 0.4) is 0 Å². The number of hydrogen-bond donors (Lipinski definition) is 3. The molecule has 0 aromatic heterocycles. The van der Waals surface area contributed by atoms with Crippen LogP contribution in [0.2, 0.25) is 0 Å². The molecule has 0 heterocycles. The fourth-order valence-electron chi connectivity index (χ4n) is 4.84. The molecule has 0 aromatic carbocycles. The van der Waals surface area contributed by atoms with E-state index in [0.717, 1.165) is 58.7 Å². The fraction of sp³-hybridized carbons (Fsp3) is 0.929. The minimum absolute atomic E-state index is 0.0852. The molecular weight excluding hydrogens is 456 g/mol. The van der Waals surface area contributed by atoms with Gasteiger partial charge in [-0.25, -0.2) is 0 Å². The van der Waals surface area contributed by atoms with E-state index in [2.05, 4.69) is 89.7 Å². The van der Waals surface area contributed by atoms with Gasteiger partial charge in [0.15, 0.2) is 0 Å². The average Bonchev–Trinajstić information content (AvgIpc) is 2.70. The summed E-state index contributed by atoms with van der Waals surface area (Å²) in [5.41, 5.74) is 0.302. The molecule has 0 fully saturated rings. The standard InChI is InChI=1S/C28H58N4O2S/c1-11-31(15-13-24(33)29-21-27(8,9)19-23(3)4)17-18-32(12-2)16-14-25(34)30-22-28(10,35)20-26(5,6)7/h23,35H,11-22H2,1-10H3,(H,29,33)(H,30,34). The lowest BCUT2D eigenvalue weighted by molar-refractivity contribution is -0.122. The van der Waals surface area contributed by atoms with Crippen LogP contribution in [0.15, 0.2) is 0 Å². The van der Waals surface area contributed by atoms with Crippen molar-refractivity contribution in [1.29, 1.82) is 0 Å². The first-order valence-electron chi connectivity index (χ1n) is 13.7. The van der Waals surface area contributed by atoms with Crippen LogP contribution in [0.5, 0.6) is 0 Å². The summed E-state index contributed by atoms with van der Waals surface area (Å²) < 4.78 is -0.212. The van der Waals surface area contributed by atoms with Crippen molar-refractivity contribution in [2.45, 2.75) is 99.7 Å². The Kier molecular flexibility index (Phi) is 15.8. The normalized spacial score (nSPS) is 14.5. The number of thiol groups is 1. The maximum Gasteiger partial charge on any atom is 0.221 e. The van der Waals surface area contributed by atoms with Crippen molar-refractivity contribution in [1.82, 2.24) is 20.4 Å². The third-order valence-corrected chi connectivity index (χ3v) is 6.56. The number of rotatable bonds is 18. The molecule has 2 N–H and O–H groups in total. The number of carbonyl (C=O) groups excluding carboxylic acids is 2. The van der Waals surface area contributed by atoms with Crippen LogP contribution in [0.4, 0.5) is 0 Å². The molecular formula is C28H58N4O2S. The van der Waals surface area contributed by atoms with Gasteiger partial charge in [0.25, 0.3) is 0 Å². The summed E-state index contributed by atoms with van der Waals surface area (Å²) in [4.78, 5) is 29.4. The fourth-order valence-corrected chi connectivity index (χ4v) is 5.40. The highest BCUT2D eigenvalue weighted by Gasteiger charge is 2.27. The molecule has 0 rings (SSSR count). The van der Waals surface area contributed by atoms with Crippen LogP contribution in [-0.4, -0.2) is 78.7 Å². The molecule has 1 unspecified atom stereocenters. The Labute approximate surface area is 223 Å². The third kappa shape index (κ3) is 19.0. The van der Waals surface area contributed by atoms with Crippen LogP contribution >= 0.6 is 12.6 Å². The van der Waals surface area contributed by atoms with E-state index >= 15 is 0 Å². The van der Waals surface area contributed by atoms with Gasteiger partial charge in [-0.2, -0.15) is 12.6 Å². The summed E-state index contributed by atoms with van der Waals surface area (Å²) in [7, 11) is 0. The zero-order chi connectivity index (χ0) is 27.3. The molecule has 0 spiro atoms. The van der Waals surface area contributed by atoms with E-state index in [9.17, 15) is 9.59 Å². The van der Waals surface area contributed by atoms with Gasteiger partial charge in [-0.3, -0.25) is 9.59 Å². The number of amides is 2. The Morgan fingerprint density at radius 2 is 1.20 bits per heavy atom. The van der Waals surface area contributed by atoms with E-state index in [1.807, 2.05) is 0 Å². The summed E-state index contributed by atoms with van der Waals surface area (Å²) in [5.74, 6) is 0.843. The van der Waals surface area contributed by atoms with Crippen molar-refractivity contribution >= 4 is 24.4 Å². The molecule has 0 aliphatic carbocycles. The van der Waals surface area contributed by atoms with Crippen molar-refractivity contribution in [3.63, 3.8) is 0 Å². The third-order valence-electron chi connectivity index (χ3n) is 6.24. The van der Waals surface area contributed by atoms with Crippen LogP contribution < -0.4 is 10.6 Å². The minimum atomic E-state index is -0.212. The first-order valence-corrected chi connectivity index (χ1v) is 14.1. The van der Waals surface area contributed by atoms with E-state index in [0.29, 0.717) is 25.3 Å². The molecule has 0 saturated heterocycles. The van der Waals surface area contributed by atoms with E-state index < -0.39 is 0 Å². The molecule has 0 aliphatic heterocycles. The molecule has 208 valence electrons.